The van der Waals surface area contributed by atoms with E-state index in [4.69, 9.17) is 16.3 Å². The Morgan fingerprint density at radius 2 is 1.92 bits per heavy atom. The van der Waals surface area contributed by atoms with Gasteiger partial charge in [0.05, 0.1) is 0 Å². The molecule has 0 saturated carbocycles. The summed E-state index contributed by atoms with van der Waals surface area (Å²) in [6, 6.07) is 10.5. The van der Waals surface area contributed by atoms with Crippen molar-refractivity contribution in [2.24, 2.45) is 0 Å². The summed E-state index contributed by atoms with van der Waals surface area (Å²) < 4.78 is 11.0. The summed E-state index contributed by atoms with van der Waals surface area (Å²) >= 11 is 5.95. The molecule has 0 amide bonds. The molecule has 0 aliphatic rings. The number of aromatic nitrogens is 3. The first kappa shape index (κ1) is 16.9. The predicted molar refractivity (Wildman–Crippen MR) is 87.4 cm³/mol. The Bertz CT molecular complexity index is 970. The van der Waals surface area contributed by atoms with Crippen molar-refractivity contribution in [2.45, 2.75) is 13.7 Å². The Labute approximate surface area is 146 Å². The fourth-order valence-electron chi connectivity index (χ4n) is 2.21. The Kier molecular flexibility index (Phi) is 4.64. The lowest BCUT2D eigenvalue weighted by atomic mass is 10.1. The van der Waals surface area contributed by atoms with Crippen LogP contribution < -0.4 is 4.74 Å². The predicted octanol–water partition coefficient (Wildman–Crippen LogP) is 2.53. The molecule has 1 heterocycles. The number of rotatable bonds is 4. The second kappa shape index (κ2) is 6.88. The molecule has 2 aromatic carbocycles. The van der Waals surface area contributed by atoms with Crippen LogP contribution >= 0.6 is 11.6 Å². The van der Waals surface area contributed by atoms with Crippen LogP contribution in [0.2, 0.25) is 5.02 Å². The number of nitrogens with zero attached hydrogens (tertiary/aromatic N) is 3. The standard InChI is InChI=1S/C16H12ClN3O5/c1-9(22)24-16(23)14-15(18-19-20(14)8-21)25-13-5-3-10-6-12(17)4-2-11(10)7-13/h2-7,21H,8H2,1H3. The largest absolute Gasteiger partial charge is 0.436 e. The second-order valence-corrected chi connectivity index (χ2v) is 5.46. The molecule has 1 aromatic heterocycles. The van der Waals surface area contributed by atoms with E-state index in [0.717, 1.165) is 22.4 Å². The summed E-state index contributed by atoms with van der Waals surface area (Å²) in [6.45, 7) is 0.453. The van der Waals surface area contributed by atoms with E-state index < -0.39 is 18.7 Å². The van der Waals surface area contributed by atoms with Crippen LogP contribution in [0.3, 0.4) is 0 Å². The minimum atomic E-state index is -1.02. The molecule has 0 aliphatic carbocycles. The van der Waals surface area contributed by atoms with Gasteiger partial charge in [-0.15, -0.1) is 0 Å². The van der Waals surface area contributed by atoms with Gasteiger partial charge < -0.3 is 14.6 Å². The second-order valence-electron chi connectivity index (χ2n) is 5.02. The summed E-state index contributed by atoms with van der Waals surface area (Å²) in [5, 5.41) is 18.9. The molecule has 9 heteroatoms. The van der Waals surface area contributed by atoms with Crippen LogP contribution in [-0.2, 0) is 16.3 Å². The average molecular weight is 362 g/mol. The number of benzene rings is 2. The molecule has 0 aliphatic heterocycles. The van der Waals surface area contributed by atoms with E-state index >= 15 is 0 Å². The number of carbonyl (C=O) groups excluding carboxylic acids is 2. The van der Waals surface area contributed by atoms with Crippen LogP contribution in [0.15, 0.2) is 36.4 Å². The van der Waals surface area contributed by atoms with Crippen molar-refractivity contribution in [1.82, 2.24) is 15.0 Å². The third kappa shape index (κ3) is 3.59. The van der Waals surface area contributed by atoms with Gasteiger partial charge in [-0.3, -0.25) is 4.79 Å². The highest BCUT2D eigenvalue weighted by molar-refractivity contribution is 6.31. The van der Waals surface area contributed by atoms with Gasteiger partial charge in [0.25, 0.3) is 5.88 Å². The lowest BCUT2D eigenvalue weighted by Crippen LogP contribution is -2.16. The number of aliphatic hydroxyl groups is 1. The number of halogens is 1. The SMILES string of the molecule is CC(=O)OC(=O)c1c(Oc2ccc3cc(Cl)ccc3c2)nnn1CO. The monoisotopic (exact) mass is 361 g/mol. The van der Waals surface area contributed by atoms with Gasteiger partial charge in [0.15, 0.2) is 0 Å². The first-order chi connectivity index (χ1) is 12.0. The van der Waals surface area contributed by atoms with Crippen molar-refractivity contribution in [1.29, 1.82) is 0 Å². The molecule has 0 fully saturated rings. The van der Waals surface area contributed by atoms with E-state index in [9.17, 15) is 14.7 Å². The maximum absolute atomic E-state index is 12.0. The number of esters is 2. The average Bonchev–Trinajstić information content (AvgIpc) is 2.97. The van der Waals surface area contributed by atoms with Gasteiger partial charge in [0, 0.05) is 11.9 Å². The highest BCUT2D eigenvalue weighted by Crippen LogP contribution is 2.28. The van der Waals surface area contributed by atoms with E-state index in [1.54, 1.807) is 30.3 Å². The number of carbonyl (C=O) groups is 2. The van der Waals surface area contributed by atoms with Gasteiger partial charge in [0.1, 0.15) is 12.5 Å². The Hall–Kier alpha value is -2.97. The third-order valence-corrected chi connectivity index (χ3v) is 3.49. The van der Waals surface area contributed by atoms with E-state index in [1.165, 1.54) is 0 Å². The van der Waals surface area contributed by atoms with Crippen molar-refractivity contribution in [2.75, 3.05) is 0 Å². The van der Waals surface area contributed by atoms with Crippen LogP contribution in [0.4, 0.5) is 0 Å². The smallest absolute Gasteiger partial charge is 0.370 e. The number of fused-ring (bicyclic) bond motifs is 1. The molecular formula is C16H12ClN3O5. The molecule has 3 aromatic rings. The van der Waals surface area contributed by atoms with Crippen molar-refractivity contribution >= 4 is 34.3 Å². The van der Waals surface area contributed by atoms with Crippen molar-refractivity contribution in [3.05, 3.63) is 47.1 Å². The maximum Gasteiger partial charge on any atom is 0.370 e. The molecule has 3 rings (SSSR count). The highest BCUT2D eigenvalue weighted by Gasteiger charge is 2.25. The first-order valence-electron chi connectivity index (χ1n) is 7.12. The minimum absolute atomic E-state index is 0.186. The Balaban J connectivity index is 1.95. The fraction of sp³-hybridized carbons (Fsp3) is 0.125. The lowest BCUT2D eigenvalue weighted by molar-refractivity contribution is -0.135. The Morgan fingerprint density at radius 1 is 1.20 bits per heavy atom. The van der Waals surface area contributed by atoms with Gasteiger partial charge in [-0.25, -0.2) is 9.48 Å². The van der Waals surface area contributed by atoms with Gasteiger partial charge in [-0.2, -0.15) is 0 Å². The zero-order valence-corrected chi connectivity index (χ0v) is 13.7. The van der Waals surface area contributed by atoms with Gasteiger partial charge in [0.2, 0.25) is 5.69 Å². The summed E-state index contributed by atoms with van der Waals surface area (Å²) in [4.78, 5) is 23.0. The van der Waals surface area contributed by atoms with E-state index in [-0.39, 0.29) is 11.6 Å². The van der Waals surface area contributed by atoms with Crippen LogP contribution in [0.25, 0.3) is 10.8 Å². The molecule has 0 atom stereocenters. The maximum atomic E-state index is 12.0. The number of aliphatic hydroxyl groups excluding tert-OH is 1. The first-order valence-corrected chi connectivity index (χ1v) is 7.50. The normalized spacial score (nSPS) is 10.7. The number of hydrogen-bond acceptors (Lipinski definition) is 7. The van der Waals surface area contributed by atoms with Crippen LogP contribution in [0.5, 0.6) is 11.6 Å². The van der Waals surface area contributed by atoms with Crippen LogP contribution in [0, 0.1) is 0 Å². The molecule has 8 nitrogen and oxygen atoms in total. The zero-order valence-electron chi connectivity index (χ0n) is 13.0. The topological polar surface area (TPSA) is 104 Å². The Morgan fingerprint density at radius 3 is 2.64 bits per heavy atom. The molecule has 0 saturated heterocycles. The zero-order chi connectivity index (χ0) is 18.0. The lowest BCUT2D eigenvalue weighted by Gasteiger charge is -2.07. The van der Waals surface area contributed by atoms with E-state index in [2.05, 4.69) is 15.0 Å². The van der Waals surface area contributed by atoms with Gasteiger partial charge in [-0.1, -0.05) is 34.0 Å². The third-order valence-electron chi connectivity index (χ3n) is 3.26. The summed E-state index contributed by atoms with van der Waals surface area (Å²) in [5.74, 6) is -1.62. The molecule has 0 radical (unpaired) electrons. The van der Waals surface area contributed by atoms with Crippen molar-refractivity contribution < 1.29 is 24.2 Å². The van der Waals surface area contributed by atoms with E-state index in [1.807, 2.05) is 6.07 Å². The van der Waals surface area contributed by atoms with Gasteiger partial charge >= 0.3 is 11.9 Å². The summed E-state index contributed by atoms with van der Waals surface area (Å²) in [5.41, 5.74) is -0.270. The molecule has 1 N–H and O–H groups in total. The quantitative estimate of drug-likeness (QED) is 0.562. The molecule has 25 heavy (non-hydrogen) atoms. The molecule has 128 valence electrons. The molecule has 0 spiro atoms. The molecule has 0 bridgehead atoms. The van der Waals surface area contributed by atoms with Gasteiger partial charge in [-0.05, 0) is 35.0 Å². The number of hydrogen-bond donors (Lipinski definition) is 1. The van der Waals surface area contributed by atoms with E-state index in [0.29, 0.717) is 10.8 Å². The fourth-order valence-corrected chi connectivity index (χ4v) is 2.39. The number of ether oxygens (including phenoxy) is 2. The van der Waals surface area contributed by atoms with Crippen LogP contribution in [-0.4, -0.2) is 32.0 Å². The highest BCUT2D eigenvalue weighted by atomic mass is 35.5. The molecular weight excluding hydrogens is 350 g/mol. The van der Waals surface area contributed by atoms with Crippen molar-refractivity contribution in [3.63, 3.8) is 0 Å². The summed E-state index contributed by atoms with van der Waals surface area (Å²) in [7, 11) is 0. The molecule has 0 unspecified atom stereocenters. The van der Waals surface area contributed by atoms with Crippen molar-refractivity contribution in [3.8, 4) is 11.6 Å². The van der Waals surface area contributed by atoms with Crippen LogP contribution in [0.1, 0.15) is 17.4 Å². The summed E-state index contributed by atoms with van der Waals surface area (Å²) in [6.07, 6.45) is 0. The minimum Gasteiger partial charge on any atom is -0.436 e.